The number of nitrogens with zero attached hydrogens (tertiary/aromatic N) is 1. The molecule has 1 aliphatic heterocycles. The topological polar surface area (TPSA) is 99.9 Å². The minimum atomic E-state index is -1.15. The largest absolute Gasteiger partial charge is 0.475 e. The van der Waals surface area contributed by atoms with Gasteiger partial charge >= 0.3 is 5.97 Å². The molecule has 7 nitrogen and oxygen atoms in total. The van der Waals surface area contributed by atoms with E-state index < -0.39 is 12.0 Å². The van der Waals surface area contributed by atoms with Crippen molar-refractivity contribution in [2.24, 2.45) is 0 Å². The molecule has 0 radical (unpaired) electrons. The van der Waals surface area contributed by atoms with Gasteiger partial charge in [-0.1, -0.05) is 6.92 Å². The Balaban J connectivity index is 1.90. The van der Waals surface area contributed by atoms with Gasteiger partial charge in [0.1, 0.15) is 11.8 Å². The third kappa shape index (κ3) is 3.66. The summed E-state index contributed by atoms with van der Waals surface area (Å²) in [5.74, 6) is -1.16. The number of rotatable bonds is 6. The van der Waals surface area contributed by atoms with Crippen molar-refractivity contribution in [3.63, 3.8) is 0 Å². The van der Waals surface area contributed by atoms with Gasteiger partial charge in [0.05, 0.1) is 6.54 Å². The molecular weight excluding hydrogens is 288 g/mol. The summed E-state index contributed by atoms with van der Waals surface area (Å²) >= 11 is 0. The lowest BCUT2D eigenvalue weighted by Gasteiger charge is -2.23. The fourth-order valence-electron chi connectivity index (χ4n) is 2.58. The Morgan fingerprint density at radius 3 is 2.82 bits per heavy atom. The lowest BCUT2D eigenvalue weighted by Crippen LogP contribution is -2.45. The minimum Gasteiger partial charge on any atom is -0.475 e. The molecule has 1 fully saturated rings. The molecule has 1 aliphatic rings. The smallest absolute Gasteiger partial charge is 0.371 e. The van der Waals surface area contributed by atoms with Crippen LogP contribution in [-0.2, 0) is 16.1 Å². The molecule has 0 aromatic carbocycles. The van der Waals surface area contributed by atoms with Gasteiger partial charge in [-0.15, -0.1) is 0 Å². The van der Waals surface area contributed by atoms with E-state index in [2.05, 4.69) is 5.32 Å². The van der Waals surface area contributed by atoms with E-state index in [4.69, 9.17) is 9.52 Å². The molecule has 1 aromatic heterocycles. The SMILES string of the molecule is CCCC(=O)N1CCCC1C(=O)NCc1ccc(C(=O)O)o1. The molecule has 2 N–H and O–H groups in total. The maximum atomic E-state index is 12.2. The average molecular weight is 308 g/mol. The maximum absolute atomic E-state index is 12.2. The Kier molecular flexibility index (Phi) is 5.19. The number of carboxylic acid groups (broad SMARTS) is 1. The van der Waals surface area contributed by atoms with Crippen molar-refractivity contribution >= 4 is 17.8 Å². The molecule has 0 saturated carbocycles. The second kappa shape index (κ2) is 7.11. The van der Waals surface area contributed by atoms with Crippen LogP contribution in [0.15, 0.2) is 16.5 Å². The summed E-state index contributed by atoms with van der Waals surface area (Å²) in [7, 11) is 0. The predicted octanol–water partition coefficient (Wildman–Crippen LogP) is 1.39. The Bertz CT molecular complexity index is 566. The Hall–Kier alpha value is -2.31. The van der Waals surface area contributed by atoms with Crippen LogP contribution in [0.4, 0.5) is 0 Å². The first-order valence-electron chi connectivity index (χ1n) is 7.42. The summed E-state index contributed by atoms with van der Waals surface area (Å²) in [6, 6.07) is 2.42. The first-order valence-corrected chi connectivity index (χ1v) is 7.42. The van der Waals surface area contributed by atoms with E-state index in [0.29, 0.717) is 25.1 Å². The van der Waals surface area contributed by atoms with Crippen molar-refractivity contribution in [3.8, 4) is 0 Å². The number of hydrogen-bond acceptors (Lipinski definition) is 4. The van der Waals surface area contributed by atoms with Crippen LogP contribution in [0.25, 0.3) is 0 Å². The number of carbonyl (C=O) groups excluding carboxylic acids is 2. The normalized spacial score (nSPS) is 17.5. The summed E-state index contributed by atoms with van der Waals surface area (Å²) in [5.41, 5.74) is 0. The molecule has 1 aromatic rings. The fraction of sp³-hybridized carbons (Fsp3) is 0.533. The summed E-state index contributed by atoms with van der Waals surface area (Å²) in [5, 5.41) is 11.5. The van der Waals surface area contributed by atoms with Gasteiger partial charge in [-0.3, -0.25) is 9.59 Å². The van der Waals surface area contributed by atoms with Gasteiger partial charge in [-0.05, 0) is 31.4 Å². The van der Waals surface area contributed by atoms with E-state index in [0.717, 1.165) is 12.8 Å². The molecule has 2 amide bonds. The van der Waals surface area contributed by atoms with Crippen LogP contribution < -0.4 is 5.32 Å². The van der Waals surface area contributed by atoms with Crippen molar-refractivity contribution in [3.05, 3.63) is 23.7 Å². The second-order valence-corrected chi connectivity index (χ2v) is 5.28. The second-order valence-electron chi connectivity index (χ2n) is 5.28. The molecular formula is C15H20N2O5. The van der Waals surface area contributed by atoms with Gasteiger partial charge in [-0.2, -0.15) is 0 Å². The van der Waals surface area contributed by atoms with E-state index in [9.17, 15) is 14.4 Å². The van der Waals surface area contributed by atoms with E-state index in [1.54, 1.807) is 4.90 Å². The monoisotopic (exact) mass is 308 g/mol. The molecule has 2 heterocycles. The number of aromatic carboxylic acids is 1. The van der Waals surface area contributed by atoms with Crippen molar-refractivity contribution < 1.29 is 23.9 Å². The molecule has 0 bridgehead atoms. The number of carboxylic acids is 1. The fourth-order valence-corrected chi connectivity index (χ4v) is 2.58. The lowest BCUT2D eigenvalue weighted by molar-refractivity contribution is -0.138. The quantitative estimate of drug-likeness (QED) is 0.827. The van der Waals surface area contributed by atoms with E-state index >= 15 is 0 Å². The highest BCUT2D eigenvalue weighted by Gasteiger charge is 2.33. The van der Waals surface area contributed by atoms with Crippen molar-refractivity contribution in [2.75, 3.05) is 6.54 Å². The van der Waals surface area contributed by atoms with Gasteiger partial charge in [0, 0.05) is 13.0 Å². The Labute approximate surface area is 128 Å². The molecule has 1 unspecified atom stereocenters. The lowest BCUT2D eigenvalue weighted by atomic mass is 10.2. The standard InChI is InChI=1S/C15H20N2O5/c1-2-4-13(18)17-8-3-5-11(17)14(19)16-9-10-6-7-12(22-10)15(20)21/h6-7,11H,2-5,8-9H2,1H3,(H,16,19)(H,20,21). The number of carbonyl (C=O) groups is 3. The zero-order valence-corrected chi connectivity index (χ0v) is 12.5. The van der Waals surface area contributed by atoms with Crippen LogP contribution in [0.5, 0.6) is 0 Å². The third-order valence-electron chi connectivity index (χ3n) is 3.65. The molecule has 22 heavy (non-hydrogen) atoms. The number of amides is 2. The molecule has 1 atom stereocenters. The molecule has 0 spiro atoms. The maximum Gasteiger partial charge on any atom is 0.371 e. The summed E-state index contributed by atoms with van der Waals surface area (Å²) in [6.07, 6.45) is 2.68. The van der Waals surface area contributed by atoms with E-state index in [1.165, 1.54) is 12.1 Å². The predicted molar refractivity (Wildman–Crippen MR) is 77.2 cm³/mol. The molecule has 1 saturated heterocycles. The van der Waals surface area contributed by atoms with Crippen LogP contribution in [0.3, 0.4) is 0 Å². The van der Waals surface area contributed by atoms with Crippen LogP contribution in [0, 0.1) is 0 Å². The van der Waals surface area contributed by atoms with Crippen LogP contribution in [0.2, 0.25) is 0 Å². The zero-order chi connectivity index (χ0) is 16.1. The summed E-state index contributed by atoms with van der Waals surface area (Å²) in [6.45, 7) is 2.65. The third-order valence-corrected chi connectivity index (χ3v) is 3.65. The van der Waals surface area contributed by atoms with Crippen LogP contribution >= 0.6 is 0 Å². The number of furan rings is 1. The molecule has 0 aliphatic carbocycles. The van der Waals surface area contributed by atoms with E-state index in [-0.39, 0.29) is 24.1 Å². The minimum absolute atomic E-state index is 0.00584. The summed E-state index contributed by atoms with van der Waals surface area (Å²) in [4.78, 5) is 36.5. The first-order chi connectivity index (χ1) is 10.5. The number of likely N-dealkylation sites (tertiary alicyclic amines) is 1. The Morgan fingerprint density at radius 1 is 1.41 bits per heavy atom. The van der Waals surface area contributed by atoms with Gasteiger partial charge in [0.25, 0.3) is 0 Å². The van der Waals surface area contributed by atoms with Crippen LogP contribution in [0.1, 0.15) is 48.9 Å². The van der Waals surface area contributed by atoms with Crippen molar-refractivity contribution in [1.82, 2.24) is 10.2 Å². The number of nitrogens with one attached hydrogen (secondary N) is 1. The van der Waals surface area contributed by atoms with Gasteiger partial charge in [0.2, 0.25) is 17.6 Å². The zero-order valence-electron chi connectivity index (χ0n) is 12.5. The number of hydrogen-bond donors (Lipinski definition) is 2. The van der Waals surface area contributed by atoms with Gasteiger partial charge in [0.15, 0.2) is 0 Å². The molecule has 7 heteroatoms. The van der Waals surface area contributed by atoms with E-state index in [1.807, 2.05) is 6.92 Å². The first kappa shape index (κ1) is 16.1. The van der Waals surface area contributed by atoms with Gasteiger partial charge in [-0.25, -0.2) is 4.79 Å². The van der Waals surface area contributed by atoms with Crippen molar-refractivity contribution in [1.29, 1.82) is 0 Å². The highest BCUT2D eigenvalue weighted by Crippen LogP contribution is 2.19. The highest BCUT2D eigenvalue weighted by atomic mass is 16.4. The molecule has 2 rings (SSSR count). The summed E-state index contributed by atoms with van der Waals surface area (Å²) < 4.78 is 5.08. The Morgan fingerprint density at radius 2 is 2.18 bits per heavy atom. The molecule has 120 valence electrons. The van der Waals surface area contributed by atoms with Crippen LogP contribution in [-0.4, -0.2) is 40.4 Å². The van der Waals surface area contributed by atoms with Crippen molar-refractivity contribution in [2.45, 2.75) is 45.2 Å². The average Bonchev–Trinajstić information content (AvgIpc) is 3.14. The van der Waals surface area contributed by atoms with Gasteiger partial charge < -0.3 is 19.7 Å². The highest BCUT2D eigenvalue weighted by molar-refractivity contribution is 5.88.